The minimum absolute atomic E-state index is 0. The van der Waals surface area contributed by atoms with Gasteiger partial charge in [-0.2, -0.15) is 0 Å². The van der Waals surface area contributed by atoms with E-state index >= 15 is 0 Å². The molecule has 0 aromatic carbocycles. The second kappa shape index (κ2) is 14.1. The van der Waals surface area contributed by atoms with Gasteiger partial charge in [-0.3, -0.25) is 14.4 Å². The summed E-state index contributed by atoms with van der Waals surface area (Å²) < 4.78 is 48.3. The molecule has 0 aromatic heterocycles. The first kappa shape index (κ1) is 28.9. The molecule has 0 aromatic rings. The monoisotopic (exact) mass is 462 g/mol. The number of carbonyl (C=O) groups is 3. The van der Waals surface area contributed by atoms with E-state index in [1.54, 1.807) is 0 Å². The van der Waals surface area contributed by atoms with E-state index in [1.165, 1.54) is 0 Å². The maximum absolute atomic E-state index is 11.9. The normalized spacial score (nSPS) is 22.9. The van der Waals surface area contributed by atoms with E-state index < -0.39 is 71.5 Å². The third-order valence-electron chi connectivity index (χ3n) is 4.38. The summed E-state index contributed by atoms with van der Waals surface area (Å²) in [6.07, 6.45) is 3.91. The number of unbranched alkanes of at least 4 members (excludes halogenated alkanes) is 4. The third kappa shape index (κ3) is 10.7. The van der Waals surface area contributed by atoms with Gasteiger partial charge < -0.3 is 23.9 Å². The van der Waals surface area contributed by atoms with Gasteiger partial charge in [0.25, 0.3) is 0 Å². The van der Waals surface area contributed by atoms with E-state index in [-0.39, 0.29) is 57.8 Å². The number of hydrogen-bond donors (Lipinski definition) is 1. The number of cyclic esters (lactones) is 2. The van der Waals surface area contributed by atoms with Crippen LogP contribution in [0.25, 0.3) is 0 Å². The average Bonchev–Trinajstić information content (AvgIpc) is 2.70. The Morgan fingerprint density at radius 2 is 1.83 bits per heavy atom. The fourth-order valence-corrected chi connectivity index (χ4v) is 3.15. The summed E-state index contributed by atoms with van der Waals surface area (Å²) in [5.41, 5.74) is -1.44. The van der Waals surface area contributed by atoms with Crippen LogP contribution in [0.15, 0.2) is 0 Å². The Balaban J connectivity index is 0.00000784. The molecule has 10 nitrogen and oxygen atoms in total. The van der Waals surface area contributed by atoms with Crippen molar-refractivity contribution in [2.75, 3.05) is 26.4 Å². The predicted octanol–water partition coefficient (Wildman–Crippen LogP) is -2.72. The number of ether oxygens (including phenoxy) is 3. The Kier molecular flexibility index (Phi) is 14.0. The molecule has 0 saturated carbocycles. The fraction of sp³-hybridized carbons (Fsp3) is 0.824. The van der Waals surface area contributed by atoms with Gasteiger partial charge in [0.2, 0.25) is 0 Å². The van der Waals surface area contributed by atoms with Crippen LogP contribution in [0.5, 0.6) is 0 Å². The zero-order valence-corrected chi connectivity index (χ0v) is 20.8. The summed E-state index contributed by atoms with van der Waals surface area (Å²) in [4.78, 5) is 35.5. The molecule has 1 saturated heterocycles. The van der Waals surface area contributed by atoms with Crippen LogP contribution < -0.4 is 51.4 Å². The summed E-state index contributed by atoms with van der Waals surface area (Å²) in [7, 11) is -5.12. The van der Waals surface area contributed by atoms with E-state index in [9.17, 15) is 32.5 Å². The molecular weight excluding hydrogens is 435 g/mol. The zero-order valence-electron chi connectivity index (χ0n) is 16.9. The SMILES string of the molecule is CCCCCCCC(=O)OCC1(CO)COC(=O)CC(S(=O)(=O)[O-])C(=O)OC1.[K+]. The van der Waals surface area contributed by atoms with Crippen LogP contribution in [0.2, 0.25) is 0 Å². The molecule has 1 N–H and O–H groups in total. The van der Waals surface area contributed by atoms with Gasteiger partial charge in [-0.15, -0.1) is 0 Å². The predicted molar refractivity (Wildman–Crippen MR) is 93.9 cm³/mol. The van der Waals surface area contributed by atoms with Gasteiger partial charge in [-0.05, 0) is 6.42 Å². The van der Waals surface area contributed by atoms with Crippen molar-refractivity contribution < 1.29 is 98.1 Å². The zero-order chi connectivity index (χ0) is 21.2. The van der Waals surface area contributed by atoms with Crippen molar-refractivity contribution in [3.05, 3.63) is 0 Å². The van der Waals surface area contributed by atoms with Crippen LogP contribution in [0, 0.1) is 5.41 Å². The molecule has 2 unspecified atom stereocenters. The van der Waals surface area contributed by atoms with Crippen molar-refractivity contribution >= 4 is 28.0 Å². The molecule has 0 radical (unpaired) electrons. The van der Waals surface area contributed by atoms with Crippen LogP contribution in [0.1, 0.15) is 51.9 Å². The molecule has 1 aliphatic rings. The molecule has 0 aliphatic carbocycles. The van der Waals surface area contributed by atoms with Gasteiger partial charge >= 0.3 is 69.3 Å². The van der Waals surface area contributed by atoms with E-state index in [4.69, 9.17) is 14.2 Å². The summed E-state index contributed by atoms with van der Waals surface area (Å²) in [6.45, 7) is -0.0245. The summed E-state index contributed by atoms with van der Waals surface area (Å²) >= 11 is 0. The second-order valence-electron chi connectivity index (χ2n) is 6.94. The maximum atomic E-state index is 11.9. The third-order valence-corrected chi connectivity index (χ3v) is 5.44. The number of esters is 3. The van der Waals surface area contributed by atoms with Gasteiger partial charge in [0.15, 0.2) is 5.25 Å². The number of rotatable bonds is 10. The van der Waals surface area contributed by atoms with Gasteiger partial charge in [-0.25, -0.2) is 8.42 Å². The Labute approximate surface area is 213 Å². The van der Waals surface area contributed by atoms with Crippen LogP contribution >= 0.6 is 0 Å². The Bertz CT molecular complexity index is 651. The van der Waals surface area contributed by atoms with Crippen LogP contribution in [-0.2, 0) is 38.7 Å². The number of aliphatic hydroxyl groups is 1. The number of carbonyl (C=O) groups excluding carboxylic acids is 3. The standard InChI is InChI=1S/C17H28O10S.K/c1-2-3-4-5-6-7-14(19)25-10-17(9-18)11-26-15(20)8-13(28(22,23)24)16(21)27-12-17;/h13,18H,2-12H2,1H3,(H,22,23,24);/q;+1/p-1. The molecule has 29 heavy (non-hydrogen) atoms. The molecular formula is C17H27KO10S. The van der Waals surface area contributed by atoms with Crippen molar-refractivity contribution in [1.82, 2.24) is 0 Å². The van der Waals surface area contributed by atoms with Crippen LogP contribution in [-0.4, -0.2) is 67.7 Å². The fourth-order valence-electron chi connectivity index (χ4n) is 2.50. The number of hydrogen-bond acceptors (Lipinski definition) is 10. The van der Waals surface area contributed by atoms with Crippen molar-refractivity contribution in [1.29, 1.82) is 0 Å². The van der Waals surface area contributed by atoms with Gasteiger partial charge in [0.1, 0.15) is 29.9 Å². The molecule has 1 fully saturated rings. The minimum atomic E-state index is -5.12. The van der Waals surface area contributed by atoms with Crippen molar-refractivity contribution in [2.24, 2.45) is 5.41 Å². The van der Waals surface area contributed by atoms with Gasteiger partial charge in [0, 0.05) is 6.42 Å². The largest absolute Gasteiger partial charge is 1.00 e. The second-order valence-corrected chi connectivity index (χ2v) is 8.49. The van der Waals surface area contributed by atoms with E-state index in [1.807, 2.05) is 0 Å². The minimum Gasteiger partial charge on any atom is -0.747 e. The summed E-state index contributed by atoms with van der Waals surface area (Å²) in [5, 5.41) is 7.46. The molecule has 0 spiro atoms. The Morgan fingerprint density at radius 1 is 1.21 bits per heavy atom. The quantitative estimate of drug-likeness (QED) is 0.119. The first-order valence-corrected chi connectivity index (χ1v) is 10.6. The smallest absolute Gasteiger partial charge is 0.747 e. The maximum Gasteiger partial charge on any atom is 1.00 e. The Hall–Kier alpha value is -0.0836. The van der Waals surface area contributed by atoms with Gasteiger partial charge in [-0.1, -0.05) is 32.6 Å². The first-order valence-electron chi connectivity index (χ1n) is 9.17. The van der Waals surface area contributed by atoms with Crippen LogP contribution in [0.4, 0.5) is 0 Å². The van der Waals surface area contributed by atoms with Crippen molar-refractivity contribution in [3.8, 4) is 0 Å². The molecule has 12 heteroatoms. The van der Waals surface area contributed by atoms with E-state index in [2.05, 4.69) is 6.92 Å². The summed E-state index contributed by atoms with van der Waals surface area (Å²) in [6, 6.07) is 0. The Morgan fingerprint density at radius 3 is 2.41 bits per heavy atom. The topological polar surface area (TPSA) is 156 Å². The average molecular weight is 463 g/mol. The number of aliphatic hydroxyl groups excluding tert-OH is 1. The van der Waals surface area contributed by atoms with Crippen molar-refractivity contribution in [3.63, 3.8) is 0 Å². The van der Waals surface area contributed by atoms with E-state index in [0.29, 0.717) is 6.42 Å². The molecule has 0 bridgehead atoms. The molecule has 1 rings (SSSR count). The molecule has 2 atom stereocenters. The van der Waals surface area contributed by atoms with Gasteiger partial charge in [0.05, 0.1) is 18.4 Å². The molecule has 0 amide bonds. The van der Waals surface area contributed by atoms with E-state index in [0.717, 1.165) is 25.7 Å². The molecule has 1 aliphatic heterocycles. The first-order chi connectivity index (χ1) is 13.1. The molecule has 162 valence electrons. The summed E-state index contributed by atoms with van der Waals surface area (Å²) in [5.74, 6) is -3.03. The van der Waals surface area contributed by atoms with Crippen LogP contribution in [0.3, 0.4) is 0 Å². The van der Waals surface area contributed by atoms with Crippen molar-refractivity contribution in [2.45, 2.75) is 57.1 Å². The molecule has 1 heterocycles.